The molecule has 0 unspecified atom stereocenters. The standard InChI is InChI=1S/C20H24N2O3/c1-5-25-20(24)16-13(3)17(21-14(16)4)19(23)22-11-7-10-15-9-6-8-12(2)18(15)22/h6,8-9,21H,5,7,10-11H2,1-4H3. The molecular formula is C20H24N2O3. The molecule has 0 saturated heterocycles. The number of amides is 1. The van der Waals surface area contributed by atoms with E-state index < -0.39 is 0 Å². The van der Waals surface area contributed by atoms with Crippen molar-refractivity contribution >= 4 is 17.6 Å². The van der Waals surface area contributed by atoms with Crippen LogP contribution >= 0.6 is 0 Å². The number of ether oxygens (including phenoxy) is 1. The molecule has 5 nitrogen and oxygen atoms in total. The van der Waals surface area contributed by atoms with Crippen molar-refractivity contribution in [3.05, 3.63) is 51.8 Å². The number of hydrogen-bond acceptors (Lipinski definition) is 3. The molecule has 1 aliphatic rings. The predicted molar refractivity (Wildman–Crippen MR) is 97.4 cm³/mol. The molecule has 0 atom stereocenters. The van der Waals surface area contributed by atoms with Gasteiger partial charge in [-0.2, -0.15) is 0 Å². The smallest absolute Gasteiger partial charge is 0.340 e. The number of anilines is 1. The Labute approximate surface area is 148 Å². The van der Waals surface area contributed by atoms with Gasteiger partial charge in [-0.25, -0.2) is 4.79 Å². The van der Waals surface area contributed by atoms with E-state index in [1.165, 1.54) is 5.56 Å². The molecule has 25 heavy (non-hydrogen) atoms. The highest BCUT2D eigenvalue weighted by atomic mass is 16.5. The average Bonchev–Trinajstić information content (AvgIpc) is 2.89. The number of H-pyrrole nitrogens is 1. The Morgan fingerprint density at radius 3 is 2.72 bits per heavy atom. The van der Waals surface area contributed by atoms with E-state index in [4.69, 9.17) is 4.74 Å². The number of hydrogen-bond donors (Lipinski definition) is 1. The molecule has 1 aliphatic heterocycles. The Bertz CT molecular complexity index is 836. The summed E-state index contributed by atoms with van der Waals surface area (Å²) < 4.78 is 5.12. The third-order valence-corrected chi connectivity index (χ3v) is 4.80. The van der Waals surface area contributed by atoms with E-state index in [-0.39, 0.29) is 11.9 Å². The predicted octanol–water partition coefficient (Wildman–Crippen LogP) is 3.71. The van der Waals surface area contributed by atoms with E-state index in [0.29, 0.717) is 35.7 Å². The number of aromatic amines is 1. The zero-order chi connectivity index (χ0) is 18.1. The summed E-state index contributed by atoms with van der Waals surface area (Å²) in [6.07, 6.45) is 1.92. The van der Waals surface area contributed by atoms with Gasteiger partial charge in [0.25, 0.3) is 5.91 Å². The summed E-state index contributed by atoms with van der Waals surface area (Å²) in [5, 5.41) is 0. The van der Waals surface area contributed by atoms with Gasteiger partial charge < -0.3 is 14.6 Å². The molecule has 0 saturated carbocycles. The van der Waals surface area contributed by atoms with Crippen LogP contribution in [0.4, 0.5) is 5.69 Å². The first kappa shape index (κ1) is 17.3. The van der Waals surface area contributed by atoms with Crippen LogP contribution in [0.1, 0.15) is 56.6 Å². The number of aromatic nitrogens is 1. The second-order valence-electron chi connectivity index (χ2n) is 6.49. The molecule has 0 radical (unpaired) electrons. The van der Waals surface area contributed by atoms with E-state index in [0.717, 1.165) is 24.1 Å². The molecule has 1 aromatic carbocycles. The van der Waals surface area contributed by atoms with Crippen molar-refractivity contribution in [2.24, 2.45) is 0 Å². The van der Waals surface area contributed by atoms with Crippen molar-refractivity contribution in [3.63, 3.8) is 0 Å². The lowest BCUT2D eigenvalue weighted by Gasteiger charge is -2.31. The van der Waals surface area contributed by atoms with Crippen LogP contribution in [0.5, 0.6) is 0 Å². The number of aryl methyl sites for hydroxylation is 3. The molecular weight excluding hydrogens is 316 g/mol. The number of carbonyl (C=O) groups excluding carboxylic acids is 2. The summed E-state index contributed by atoms with van der Waals surface area (Å²) in [5.74, 6) is -0.477. The first-order valence-electron chi connectivity index (χ1n) is 8.72. The largest absolute Gasteiger partial charge is 0.462 e. The average molecular weight is 340 g/mol. The van der Waals surface area contributed by atoms with Gasteiger partial charge in [0.05, 0.1) is 17.9 Å². The minimum absolute atomic E-state index is 0.0913. The fraction of sp³-hybridized carbons (Fsp3) is 0.400. The third kappa shape index (κ3) is 2.95. The summed E-state index contributed by atoms with van der Waals surface area (Å²) in [4.78, 5) is 30.4. The second-order valence-corrected chi connectivity index (χ2v) is 6.49. The van der Waals surface area contributed by atoms with Crippen LogP contribution in [-0.2, 0) is 11.2 Å². The molecule has 0 spiro atoms. The van der Waals surface area contributed by atoms with E-state index in [2.05, 4.69) is 11.1 Å². The van der Waals surface area contributed by atoms with Crippen LogP contribution in [0.3, 0.4) is 0 Å². The molecule has 2 heterocycles. The molecule has 0 fully saturated rings. The summed E-state index contributed by atoms with van der Waals surface area (Å²) in [7, 11) is 0. The van der Waals surface area contributed by atoms with Gasteiger partial charge in [0, 0.05) is 12.2 Å². The van der Waals surface area contributed by atoms with Crippen molar-refractivity contribution in [1.29, 1.82) is 0 Å². The van der Waals surface area contributed by atoms with Crippen LogP contribution in [0, 0.1) is 20.8 Å². The molecule has 1 N–H and O–H groups in total. The number of nitrogens with zero attached hydrogens (tertiary/aromatic N) is 1. The van der Waals surface area contributed by atoms with Crippen LogP contribution in [0.25, 0.3) is 0 Å². The van der Waals surface area contributed by atoms with Gasteiger partial charge in [-0.15, -0.1) is 0 Å². The van der Waals surface area contributed by atoms with Crippen LogP contribution in [0.2, 0.25) is 0 Å². The van der Waals surface area contributed by atoms with E-state index in [9.17, 15) is 9.59 Å². The van der Waals surface area contributed by atoms with Crippen molar-refractivity contribution < 1.29 is 14.3 Å². The monoisotopic (exact) mass is 340 g/mol. The van der Waals surface area contributed by atoms with Crippen molar-refractivity contribution in [3.8, 4) is 0 Å². The quantitative estimate of drug-likeness (QED) is 0.867. The Balaban J connectivity index is 2.01. The minimum atomic E-state index is -0.386. The highest BCUT2D eigenvalue weighted by molar-refractivity contribution is 6.09. The number of esters is 1. The zero-order valence-electron chi connectivity index (χ0n) is 15.2. The summed E-state index contributed by atoms with van der Waals surface area (Å²) in [5.41, 5.74) is 5.55. The second kappa shape index (κ2) is 6.75. The van der Waals surface area contributed by atoms with Crippen molar-refractivity contribution in [2.75, 3.05) is 18.1 Å². The van der Waals surface area contributed by atoms with Gasteiger partial charge in [-0.1, -0.05) is 18.2 Å². The number of nitrogens with one attached hydrogen (secondary N) is 1. The first-order chi connectivity index (χ1) is 12.0. The van der Waals surface area contributed by atoms with Crippen molar-refractivity contribution in [2.45, 2.75) is 40.5 Å². The fourth-order valence-corrected chi connectivity index (χ4v) is 3.66. The number of rotatable bonds is 3. The summed E-state index contributed by atoms with van der Waals surface area (Å²) in [6.45, 7) is 8.39. The molecule has 0 aliphatic carbocycles. The highest BCUT2D eigenvalue weighted by Gasteiger charge is 2.29. The van der Waals surface area contributed by atoms with Crippen LogP contribution in [-0.4, -0.2) is 30.0 Å². The topological polar surface area (TPSA) is 62.4 Å². The Hall–Kier alpha value is -2.56. The zero-order valence-corrected chi connectivity index (χ0v) is 15.2. The maximum Gasteiger partial charge on any atom is 0.340 e. The van der Waals surface area contributed by atoms with Gasteiger partial charge in [-0.3, -0.25) is 4.79 Å². The molecule has 132 valence electrons. The van der Waals surface area contributed by atoms with Gasteiger partial charge in [0.2, 0.25) is 0 Å². The Morgan fingerprint density at radius 2 is 2.00 bits per heavy atom. The third-order valence-electron chi connectivity index (χ3n) is 4.80. The van der Waals surface area contributed by atoms with E-state index in [1.54, 1.807) is 20.8 Å². The molecule has 1 amide bonds. The SMILES string of the molecule is CCOC(=O)c1c(C)[nH]c(C(=O)N2CCCc3cccc(C)c32)c1C. The molecule has 0 bridgehead atoms. The lowest BCUT2D eigenvalue weighted by Crippen LogP contribution is -2.36. The lowest BCUT2D eigenvalue weighted by atomic mass is 9.97. The minimum Gasteiger partial charge on any atom is -0.462 e. The number of fused-ring (bicyclic) bond motifs is 1. The number of benzene rings is 1. The molecule has 1 aromatic heterocycles. The summed E-state index contributed by atoms with van der Waals surface area (Å²) in [6, 6.07) is 6.14. The van der Waals surface area contributed by atoms with E-state index >= 15 is 0 Å². The maximum atomic E-state index is 13.2. The number of para-hydroxylation sites is 1. The Kier molecular flexibility index (Phi) is 4.66. The highest BCUT2D eigenvalue weighted by Crippen LogP contribution is 2.32. The normalized spacial score (nSPS) is 13.5. The molecule has 3 rings (SSSR count). The van der Waals surface area contributed by atoms with E-state index in [1.807, 2.05) is 24.0 Å². The molecule has 2 aromatic rings. The Morgan fingerprint density at radius 1 is 1.24 bits per heavy atom. The summed E-state index contributed by atoms with van der Waals surface area (Å²) >= 11 is 0. The lowest BCUT2D eigenvalue weighted by molar-refractivity contribution is 0.0525. The van der Waals surface area contributed by atoms with Crippen LogP contribution in [0.15, 0.2) is 18.2 Å². The first-order valence-corrected chi connectivity index (χ1v) is 8.72. The molecule has 5 heteroatoms. The van der Waals surface area contributed by atoms with Gasteiger partial charge in [-0.05, 0) is 57.2 Å². The van der Waals surface area contributed by atoms with Gasteiger partial charge >= 0.3 is 5.97 Å². The fourth-order valence-electron chi connectivity index (χ4n) is 3.66. The van der Waals surface area contributed by atoms with Crippen LogP contribution < -0.4 is 4.90 Å². The van der Waals surface area contributed by atoms with Crippen molar-refractivity contribution in [1.82, 2.24) is 4.98 Å². The van der Waals surface area contributed by atoms with Gasteiger partial charge in [0.15, 0.2) is 0 Å². The number of carbonyl (C=O) groups is 2. The van der Waals surface area contributed by atoms with Gasteiger partial charge in [0.1, 0.15) is 5.69 Å². The maximum absolute atomic E-state index is 13.2.